The number of hydrogen-bond donors (Lipinski definition) is 1. The fourth-order valence-corrected chi connectivity index (χ4v) is 2.38. The van der Waals surface area contributed by atoms with Gasteiger partial charge >= 0.3 is 12.0 Å². The first-order chi connectivity index (χ1) is 9.04. The number of carboxylic acids is 1. The van der Waals surface area contributed by atoms with Crippen LogP contribution in [0.15, 0.2) is 24.3 Å². The maximum absolute atomic E-state index is 12.1. The van der Waals surface area contributed by atoms with E-state index in [1.807, 2.05) is 7.05 Å². The van der Waals surface area contributed by atoms with E-state index in [9.17, 15) is 9.59 Å². The largest absolute Gasteiger partial charge is 0.478 e. The number of carboxylic acid groups (broad SMARTS) is 1. The summed E-state index contributed by atoms with van der Waals surface area (Å²) >= 11 is 0. The minimum atomic E-state index is -0.958. The summed E-state index contributed by atoms with van der Waals surface area (Å²) < 4.78 is 0. The molecule has 1 atom stereocenters. The Kier molecular flexibility index (Phi) is 3.74. The minimum Gasteiger partial charge on any atom is -0.478 e. The Balaban J connectivity index is 2.18. The Morgan fingerprint density at radius 2 is 2.00 bits per heavy atom. The van der Waals surface area contributed by atoms with Gasteiger partial charge in [-0.3, -0.25) is 4.90 Å². The molecule has 1 N–H and O–H groups in total. The molecule has 0 spiro atoms. The third-order valence-corrected chi connectivity index (χ3v) is 3.52. The molecule has 1 unspecified atom stereocenters. The average molecular weight is 262 g/mol. The summed E-state index contributed by atoms with van der Waals surface area (Å²) in [7, 11) is 1.81. The van der Waals surface area contributed by atoms with Gasteiger partial charge in [-0.05, 0) is 30.7 Å². The first-order valence-electron chi connectivity index (χ1n) is 6.42. The van der Waals surface area contributed by atoms with E-state index in [2.05, 4.69) is 6.92 Å². The van der Waals surface area contributed by atoms with E-state index in [0.29, 0.717) is 6.54 Å². The van der Waals surface area contributed by atoms with Crippen molar-refractivity contribution in [1.82, 2.24) is 4.90 Å². The number of urea groups is 1. The first kappa shape index (κ1) is 13.4. The van der Waals surface area contributed by atoms with E-state index in [1.165, 1.54) is 12.1 Å². The van der Waals surface area contributed by atoms with Crippen LogP contribution in [-0.2, 0) is 0 Å². The van der Waals surface area contributed by atoms with Crippen molar-refractivity contribution in [3.05, 3.63) is 29.8 Å². The highest BCUT2D eigenvalue weighted by Gasteiger charge is 2.34. The number of carbonyl (C=O) groups is 2. The topological polar surface area (TPSA) is 60.9 Å². The Bertz CT molecular complexity index is 484. The second-order valence-corrected chi connectivity index (χ2v) is 4.80. The number of nitrogens with zero attached hydrogens (tertiary/aromatic N) is 2. The number of carbonyl (C=O) groups excluding carboxylic acids is 1. The van der Waals surface area contributed by atoms with Crippen LogP contribution in [0.3, 0.4) is 0 Å². The van der Waals surface area contributed by atoms with Gasteiger partial charge in [-0.15, -0.1) is 0 Å². The van der Waals surface area contributed by atoms with Crippen LogP contribution in [0.1, 0.15) is 30.1 Å². The van der Waals surface area contributed by atoms with Gasteiger partial charge in [0.05, 0.1) is 11.6 Å². The van der Waals surface area contributed by atoms with Crippen LogP contribution in [0.25, 0.3) is 0 Å². The van der Waals surface area contributed by atoms with Gasteiger partial charge in [0.15, 0.2) is 0 Å². The van der Waals surface area contributed by atoms with Gasteiger partial charge in [0.25, 0.3) is 0 Å². The molecule has 1 aromatic carbocycles. The van der Waals surface area contributed by atoms with Crippen molar-refractivity contribution < 1.29 is 14.7 Å². The number of amides is 2. The fraction of sp³-hybridized carbons (Fsp3) is 0.429. The van der Waals surface area contributed by atoms with Crippen molar-refractivity contribution in [2.45, 2.75) is 25.8 Å². The highest BCUT2D eigenvalue weighted by molar-refractivity contribution is 5.95. The van der Waals surface area contributed by atoms with Crippen LogP contribution < -0.4 is 4.90 Å². The summed E-state index contributed by atoms with van der Waals surface area (Å²) in [5.41, 5.74) is 0.981. The van der Waals surface area contributed by atoms with E-state index in [1.54, 1.807) is 21.9 Å². The van der Waals surface area contributed by atoms with Crippen LogP contribution >= 0.6 is 0 Å². The molecule has 2 amide bonds. The maximum Gasteiger partial charge on any atom is 0.335 e. The molecule has 0 bridgehead atoms. The summed E-state index contributed by atoms with van der Waals surface area (Å²) in [5.74, 6) is -0.958. The zero-order chi connectivity index (χ0) is 14.0. The van der Waals surface area contributed by atoms with Gasteiger partial charge in [-0.1, -0.05) is 13.3 Å². The lowest BCUT2D eigenvalue weighted by Crippen LogP contribution is -2.31. The Labute approximate surface area is 112 Å². The normalized spacial score (nSPS) is 19.1. The molecule has 0 saturated carbocycles. The molecule has 102 valence electrons. The second kappa shape index (κ2) is 5.30. The fourth-order valence-electron chi connectivity index (χ4n) is 2.38. The van der Waals surface area contributed by atoms with Gasteiger partial charge in [-0.2, -0.15) is 0 Å². The summed E-state index contributed by atoms with van der Waals surface area (Å²) in [5, 5.41) is 8.86. The molecular weight excluding hydrogens is 244 g/mol. The van der Waals surface area contributed by atoms with Crippen molar-refractivity contribution >= 4 is 17.7 Å². The Hall–Kier alpha value is -2.04. The first-order valence-corrected chi connectivity index (χ1v) is 6.42. The van der Waals surface area contributed by atoms with Crippen LogP contribution in [-0.4, -0.2) is 41.6 Å². The number of aromatic carboxylic acids is 1. The molecule has 2 rings (SSSR count). The smallest absolute Gasteiger partial charge is 0.335 e. The molecule has 1 aromatic rings. The van der Waals surface area contributed by atoms with Crippen LogP contribution in [0.5, 0.6) is 0 Å². The molecule has 1 aliphatic heterocycles. The number of anilines is 1. The van der Waals surface area contributed by atoms with Gasteiger partial charge in [-0.25, -0.2) is 9.59 Å². The number of hydrogen-bond acceptors (Lipinski definition) is 2. The predicted octanol–water partition coefficient (Wildman–Crippen LogP) is 2.43. The zero-order valence-corrected chi connectivity index (χ0v) is 11.2. The lowest BCUT2D eigenvalue weighted by atomic mass is 10.1. The molecule has 0 radical (unpaired) electrons. The third-order valence-electron chi connectivity index (χ3n) is 3.52. The monoisotopic (exact) mass is 262 g/mol. The summed E-state index contributed by atoms with van der Waals surface area (Å²) in [6, 6.07) is 6.63. The standard InChI is InChI=1S/C14H18N2O3/c1-3-4-12-9-16(14(19)15(12)2)11-7-5-10(6-8-11)13(17)18/h5-8,12H,3-4,9H2,1-2H3,(H,17,18). The molecule has 0 aromatic heterocycles. The van der Waals surface area contributed by atoms with Crippen LogP contribution in [0, 0.1) is 0 Å². The maximum atomic E-state index is 12.1. The van der Waals surface area contributed by atoms with E-state index < -0.39 is 5.97 Å². The van der Waals surface area contributed by atoms with Gasteiger partial charge in [0.1, 0.15) is 0 Å². The summed E-state index contributed by atoms with van der Waals surface area (Å²) in [4.78, 5) is 26.4. The Morgan fingerprint density at radius 3 is 2.53 bits per heavy atom. The zero-order valence-electron chi connectivity index (χ0n) is 11.2. The molecule has 0 aliphatic carbocycles. The van der Waals surface area contributed by atoms with E-state index >= 15 is 0 Å². The van der Waals surface area contributed by atoms with E-state index in [-0.39, 0.29) is 17.6 Å². The van der Waals surface area contributed by atoms with Gasteiger partial charge in [0, 0.05) is 19.3 Å². The van der Waals surface area contributed by atoms with Gasteiger partial charge in [0.2, 0.25) is 0 Å². The van der Waals surface area contributed by atoms with Crippen molar-refractivity contribution in [2.75, 3.05) is 18.5 Å². The predicted molar refractivity (Wildman–Crippen MR) is 72.6 cm³/mol. The average Bonchev–Trinajstić information content (AvgIpc) is 2.68. The molecule has 5 heteroatoms. The number of rotatable bonds is 4. The number of likely N-dealkylation sites (N-methyl/N-ethyl adjacent to an activating group) is 1. The van der Waals surface area contributed by atoms with Gasteiger partial charge < -0.3 is 10.0 Å². The van der Waals surface area contributed by atoms with E-state index in [4.69, 9.17) is 5.11 Å². The van der Waals surface area contributed by atoms with Crippen molar-refractivity contribution in [2.24, 2.45) is 0 Å². The quantitative estimate of drug-likeness (QED) is 0.906. The molecular formula is C14H18N2O3. The van der Waals surface area contributed by atoms with Crippen molar-refractivity contribution in [3.63, 3.8) is 0 Å². The minimum absolute atomic E-state index is 0.0264. The lowest BCUT2D eigenvalue weighted by molar-refractivity contribution is 0.0697. The highest BCUT2D eigenvalue weighted by atomic mass is 16.4. The molecule has 1 aliphatic rings. The van der Waals surface area contributed by atoms with Crippen LogP contribution in [0.2, 0.25) is 0 Å². The number of benzene rings is 1. The SMILES string of the molecule is CCCC1CN(c2ccc(C(=O)O)cc2)C(=O)N1C. The Morgan fingerprint density at radius 1 is 1.37 bits per heavy atom. The molecule has 5 nitrogen and oxygen atoms in total. The lowest BCUT2D eigenvalue weighted by Gasteiger charge is -2.16. The highest BCUT2D eigenvalue weighted by Crippen LogP contribution is 2.25. The summed E-state index contributed by atoms with van der Waals surface area (Å²) in [6.45, 7) is 2.76. The molecule has 1 heterocycles. The second-order valence-electron chi connectivity index (χ2n) is 4.80. The molecule has 19 heavy (non-hydrogen) atoms. The van der Waals surface area contributed by atoms with E-state index in [0.717, 1.165) is 18.5 Å². The molecule has 1 saturated heterocycles. The third kappa shape index (κ3) is 2.54. The van der Waals surface area contributed by atoms with Crippen LogP contribution in [0.4, 0.5) is 10.5 Å². The van der Waals surface area contributed by atoms with Crippen molar-refractivity contribution in [3.8, 4) is 0 Å². The van der Waals surface area contributed by atoms with Crippen molar-refractivity contribution in [1.29, 1.82) is 0 Å². The molecule has 1 fully saturated rings. The summed E-state index contributed by atoms with van der Waals surface area (Å²) in [6.07, 6.45) is 2.01.